The minimum absolute atomic E-state index is 0.0270. The second-order valence-corrected chi connectivity index (χ2v) is 9.13. The lowest BCUT2D eigenvalue weighted by Crippen LogP contribution is -2.48. The molecule has 0 radical (unpaired) electrons. The number of hydrogen-bond acceptors (Lipinski definition) is 5. The molecule has 2 fully saturated rings. The zero-order valence-corrected chi connectivity index (χ0v) is 17.7. The van der Waals surface area contributed by atoms with Crippen molar-refractivity contribution in [3.8, 4) is 0 Å². The third-order valence-electron chi connectivity index (χ3n) is 5.36. The molecule has 0 spiro atoms. The van der Waals surface area contributed by atoms with E-state index < -0.39 is 16.9 Å². The highest BCUT2D eigenvalue weighted by Crippen LogP contribution is 2.54. The van der Waals surface area contributed by atoms with Crippen LogP contribution in [0.15, 0.2) is 30.3 Å². The highest BCUT2D eigenvalue weighted by atomic mass is 32.2. The van der Waals surface area contributed by atoms with E-state index >= 15 is 0 Å². The Bertz CT molecular complexity index is 744. The first-order chi connectivity index (χ1) is 13.3. The van der Waals surface area contributed by atoms with Crippen molar-refractivity contribution in [3.05, 3.63) is 35.9 Å². The molecule has 0 aliphatic carbocycles. The summed E-state index contributed by atoms with van der Waals surface area (Å²) >= 11 is 1.61. The predicted octanol–water partition coefficient (Wildman–Crippen LogP) is 2.77. The number of benzene rings is 1. The van der Waals surface area contributed by atoms with Crippen molar-refractivity contribution in [2.24, 2.45) is 0 Å². The molecule has 0 bridgehead atoms. The number of carbonyl (C=O) groups excluding carboxylic acids is 3. The van der Waals surface area contributed by atoms with E-state index in [1.807, 2.05) is 58.0 Å². The van der Waals surface area contributed by atoms with Gasteiger partial charge in [0, 0.05) is 24.3 Å². The van der Waals surface area contributed by atoms with Gasteiger partial charge in [0.2, 0.25) is 5.91 Å². The van der Waals surface area contributed by atoms with Crippen LogP contribution in [0, 0.1) is 0 Å². The van der Waals surface area contributed by atoms with Gasteiger partial charge < -0.3 is 14.5 Å². The van der Waals surface area contributed by atoms with Gasteiger partial charge in [0.1, 0.15) is 10.9 Å². The van der Waals surface area contributed by atoms with Crippen molar-refractivity contribution in [3.63, 3.8) is 0 Å². The maximum atomic E-state index is 12.8. The molecule has 0 aromatic heterocycles. The van der Waals surface area contributed by atoms with Gasteiger partial charge in [-0.05, 0) is 39.7 Å². The van der Waals surface area contributed by atoms with Crippen molar-refractivity contribution >= 4 is 29.5 Å². The number of nitrogens with zero attached hydrogens (tertiary/aromatic N) is 2. The van der Waals surface area contributed by atoms with Crippen LogP contribution in [-0.4, -0.2) is 58.1 Å². The van der Waals surface area contributed by atoms with Gasteiger partial charge >= 0.3 is 5.97 Å². The monoisotopic (exact) mass is 404 g/mol. The van der Waals surface area contributed by atoms with Crippen LogP contribution in [0.2, 0.25) is 0 Å². The van der Waals surface area contributed by atoms with Gasteiger partial charge in [0.25, 0.3) is 5.91 Å². The van der Waals surface area contributed by atoms with Crippen molar-refractivity contribution in [2.45, 2.75) is 63.5 Å². The maximum absolute atomic E-state index is 12.8. The predicted molar refractivity (Wildman–Crippen MR) is 109 cm³/mol. The third-order valence-corrected chi connectivity index (χ3v) is 6.96. The number of esters is 1. The molecule has 3 rings (SSSR count). The number of amides is 2. The summed E-state index contributed by atoms with van der Waals surface area (Å²) in [5.41, 5.74) is 1.03. The van der Waals surface area contributed by atoms with Gasteiger partial charge in [-0.15, -0.1) is 11.8 Å². The Hall–Kier alpha value is -2.02. The summed E-state index contributed by atoms with van der Waals surface area (Å²) in [6, 6.07) is 9.23. The van der Waals surface area contributed by atoms with Crippen LogP contribution in [0.4, 0.5) is 0 Å². The molecular weight excluding hydrogens is 376 g/mol. The van der Waals surface area contributed by atoms with Gasteiger partial charge in [-0.2, -0.15) is 0 Å². The number of thioether (sulfide) groups is 1. The molecule has 0 saturated carbocycles. The first-order valence-electron chi connectivity index (χ1n) is 9.77. The second kappa shape index (κ2) is 8.15. The quantitative estimate of drug-likeness (QED) is 0.682. The average molecular weight is 405 g/mol. The van der Waals surface area contributed by atoms with E-state index in [1.54, 1.807) is 21.6 Å². The van der Waals surface area contributed by atoms with E-state index in [4.69, 9.17) is 4.74 Å². The second-order valence-electron chi connectivity index (χ2n) is 7.84. The third kappa shape index (κ3) is 3.64. The Morgan fingerprint density at radius 3 is 2.46 bits per heavy atom. The molecule has 2 aliphatic rings. The Morgan fingerprint density at radius 1 is 1.21 bits per heavy atom. The van der Waals surface area contributed by atoms with E-state index in [9.17, 15) is 14.4 Å². The minimum atomic E-state index is -0.653. The van der Waals surface area contributed by atoms with Crippen LogP contribution in [0.3, 0.4) is 0 Å². The van der Waals surface area contributed by atoms with E-state index in [0.717, 1.165) is 5.56 Å². The first-order valence-corrected chi connectivity index (χ1v) is 10.8. The van der Waals surface area contributed by atoms with Crippen molar-refractivity contribution < 1.29 is 19.1 Å². The van der Waals surface area contributed by atoms with Crippen molar-refractivity contribution in [1.82, 2.24) is 9.80 Å². The van der Waals surface area contributed by atoms with Crippen molar-refractivity contribution in [2.75, 3.05) is 12.4 Å². The highest BCUT2D eigenvalue weighted by molar-refractivity contribution is 8.00. The van der Waals surface area contributed by atoms with Crippen LogP contribution in [0.25, 0.3) is 0 Å². The molecule has 0 unspecified atom stereocenters. The summed E-state index contributed by atoms with van der Waals surface area (Å²) in [7, 11) is 0. The molecule has 152 valence electrons. The zero-order chi connectivity index (χ0) is 20.5. The van der Waals surface area contributed by atoms with E-state index in [0.29, 0.717) is 18.6 Å². The van der Waals surface area contributed by atoms with E-state index in [2.05, 4.69) is 0 Å². The summed E-state index contributed by atoms with van der Waals surface area (Å²) in [4.78, 5) is 40.7. The van der Waals surface area contributed by atoms with E-state index in [-0.39, 0.29) is 30.5 Å². The lowest BCUT2D eigenvalue weighted by atomic mass is 10.0. The highest BCUT2D eigenvalue weighted by Gasteiger charge is 2.57. The molecule has 7 heteroatoms. The van der Waals surface area contributed by atoms with Crippen LogP contribution in [0.5, 0.6) is 0 Å². The number of carbonyl (C=O) groups is 3. The fourth-order valence-corrected chi connectivity index (χ4v) is 5.93. The summed E-state index contributed by atoms with van der Waals surface area (Å²) in [6.45, 7) is 7.44. The Balaban J connectivity index is 1.71. The minimum Gasteiger partial charge on any atom is -0.454 e. The fourth-order valence-electron chi connectivity index (χ4n) is 4.29. The summed E-state index contributed by atoms with van der Waals surface area (Å²) < 4.78 is 5.37. The molecule has 2 aliphatic heterocycles. The normalized spacial score (nSPS) is 24.0. The first kappa shape index (κ1) is 20.7. The smallest absolute Gasteiger partial charge is 0.330 e. The Kier molecular flexibility index (Phi) is 6.03. The van der Waals surface area contributed by atoms with E-state index in [1.165, 1.54) is 0 Å². The summed E-state index contributed by atoms with van der Waals surface area (Å²) in [6.07, 6.45) is 1.09. The zero-order valence-electron chi connectivity index (χ0n) is 16.9. The summed E-state index contributed by atoms with van der Waals surface area (Å²) in [5.74, 6) is -0.272. The lowest BCUT2D eigenvalue weighted by Gasteiger charge is -2.34. The van der Waals surface area contributed by atoms with Gasteiger partial charge in [0.15, 0.2) is 6.61 Å². The largest absolute Gasteiger partial charge is 0.454 e. The maximum Gasteiger partial charge on any atom is 0.330 e. The average Bonchev–Trinajstić information content (AvgIpc) is 3.19. The standard InChI is InChI=1S/C21H28N2O4S/c1-14(2)22(15(3)4)19(25)12-27-20(26)17-13-28-21(11-10-18(24)23(17)21)16-8-6-5-7-9-16/h5-9,14-15,17H,10-13H2,1-4H3/t17-,21-/m1/s1. The summed E-state index contributed by atoms with van der Waals surface area (Å²) in [5, 5.41) is 0. The molecule has 2 heterocycles. The molecule has 6 nitrogen and oxygen atoms in total. The van der Waals surface area contributed by atoms with Crippen LogP contribution >= 0.6 is 11.8 Å². The molecule has 0 N–H and O–H groups in total. The molecule has 1 aromatic rings. The van der Waals surface area contributed by atoms with Crippen LogP contribution in [0.1, 0.15) is 46.1 Å². The fraction of sp³-hybridized carbons (Fsp3) is 0.571. The topological polar surface area (TPSA) is 66.9 Å². The number of fused-ring (bicyclic) bond motifs is 1. The molecular formula is C21H28N2O4S. The Labute approximate surface area is 170 Å². The van der Waals surface area contributed by atoms with Crippen LogP contribution < -0.4 is 0 Å². The number of ether oxygens (including phenoxy) is 1. The molecule has 2 saturated heterocycles. The van der Waals surface area contributed by atoms with Crippen molar-refractivity contribution in [1.29, 1.82) is 0 Å². The number of rotatable bonds is 6. The molecule has 28 heavy (non-hydrogen) atoms. The van der Waals surface area contributed by atoms with Crippen LogP contribution in [-0.2, 0) is 24.0 Å². The van der Waals surface area contributed by atoms with Gasteiger partial charge in [0.05, 0.1) is 0 Å². The molecule has 2 amide bonds. The molecule has 1 aromatic carbocycles. The SMILES string of the molecule is CC(C)N(C(=O)COC(=O)[C@H]1CS[C@@]2(c3ccccc3)CCC(=O)N12)C(C)C. The van der Waals surface area contributed by atoms with Gasteiger partial charge in [-0.1, -0.05) is 30.3 Å². The lowest BCUT2D eigenvalue weighted by molar-refractivity contribution is -0.159. The van der Waals surface area contributed by atoms with Gasteiger partial charge in [-0.25, -0.2) is 4.79 Å². The Morgan fingerprint density at radius 2 is 1.86 bits per heavy atom. The molecule has 2 atom stereocenters. The van der Waals surface area contributed by atoms with Gasteiger partial charge in [-0.3, -0.25) is 9.59 Å². The number of hydrogen-bond donors (Lipinski definition) is 0.